The van der Waals surface area contributed by atoms with Gasteiger partial charge in [-0.15, -0.1) is 0 Å². The minimum atomic E-state index is -4.42. The van der Waals surface area contributed by atoms with E-state index < -0.39 is 23.5 Å². The fraction of sp³-hybridized carbons (Fsp3) is 0.286. The van der Waals surface area contributed by atoms with Gasteiger partial charge in [-0.25, -0.2) is 9.97 Å². The van der Waals surface area contributed by atoms with Gasteiger partial charge in [0.15, 0.2) is 0 Å². The Kier molecular flexibility index (Phi) is 6.44. The largest absolute Gasteiger partial charge is 0.416 e. The number of nitrogens with zero attached hydrogens (tertiary/aromatic N) is 4. The molecule has 0 unspecified atom stereocenters. The first kappa shape index (κ1) is 25.8. The molecule has 0 atom stereocenters. The molecule has 0 bridgehead atoms. The van der Waals surface area contributed by atoms with Crippen molar-refractivity contribution in [3.63, 3.8) is 0 Å². The van der Waals surface area contributed by atoms with Crippen molar-refractivity contribution < 1.29 is 26.3 Å². The second-order valence-corrected chi connectivity index (χ2v) is 9.15. The number of halogens is 6. The highest BCUT2D eigenvalue weighted by Crippen LogP contribution is 2.35. The molecular formula is C28H24F6N4. The van der Waals surface area contributed by atoms with E-state index in [-0.39, 0.29) is 0 Å². The smallest absolute Gasteiger partial charge is 0.324 e. The minimum Gasteiger partial charge on any atom is -0.324 e. The number of imidazole rings is 2. The molecule has 0 saturated heterocycles. The van der Waals surface area contributed by atoms with Gasteiger partial charge in [-0.3, -0.25) is 0 Å². The van der Waals surface area contributed by atoms with Gasteiger partial charge in [0, 0.05) is 24.2 Å². The molecule has 0 radical (unpaired) electrons. The Labute approximate surface area is 214 Å². The van der Waals surface area contributed by atoms with Crippen molar-refractivity contribution >= 4 is 22.1 Å². The molecule has 0 N–H and O–H groups in total. The Balaban J connectivity index is 1.65. The van der Waals surface area contributed by atoms with E-state index in [9.17, 15) is 26.3 Å². The predicted octanol–water partition coefficient (Wildman–Crippen LogP) is 8.58. The van der Waals surface area contributed by atoms with Gasteiger partial charge >= 0.3 is 12.4 Å². The average Bonchev–Trinajstić information content (AvgIpc) is 3.40. The van der Waals surface area contributed by atoms with Gasteiger partial charge in [-0.1, -0.05) is 38.1 Å². The number of aryl methyl sites for hydroxylation is 2. The van der Waals surface area contributed by atoms with E-state index in [0.717, 1.165) is 48.1 Å². The molecule has 5 aromatic rings. The van der Waals surface area contributed by atoms with Crippen LogP contribution >= 0.6 is 0 Å². The van der Waals surface area contributed by atoms with Crippen LogP contribution in [0.1, 0.15) is 37.8 Å². The third-order valence-corrected chi connectivity index (χ3v) is 6.45. The van der Waals surface area contributed by atoms with E-state index in [1.54, 1.807) is 0 Å². The zero-order chi connectivity index (χ0) is 27.2. The van der Waals surface area contributed by atoms with Crippen LogP contribution in [0.4, 0.5) is 26.3 Å². The molecule has 2 aromatic heterocycles. The zero-order valence-electron chi connectivity index (χ0n) is 20.7. The number of hydrogen-bond donors (Lipinski definition) is 0. The van der Waals surface area contributed by atoms with Crippen LogP contribution < -0.4 is 0 Å². The number of benzene rings is 3. The van der Waals surface area contributed by atoms with Crippen molar-refractivity contribution in [3.05, 3.63) is 71.8 Å². The maximum atomic E-state index is 13.1. The minimum absolute atomic E-state index is 0.563. The normalized spacial score (nSPS) is 12.6. The highest BCUT2D eigenvalue weighted by atomic mass is 19.4. The molecule has 2 heterocycles. The summed E-state index contributed by atoms with van der Waals surface area (Å²) in [6.07, 6.45) is -7.28. The van der Waals surface area contributed by atoms with Crippen LogP contribution in [-0.4, -0.2) is 19.1 Å². The average molecular weight is 531 g/mol. The van der Waals surface area contributed by atoms with E-state index in [1.165, 1.54) is 24.3 Å². The molecule has 0 amide bonds. The Hall–Kier alpha value is -3.82. The predicted molar refractivity (Wildman–Crippen MR) is 134 cm³/mol. The molecule has 10 heteroatoms. The molecule has 38 heavy (non-hydrogen) atoms. The van der Waals surface area contributed by atoms with Gasteiger partial charge in [0.2, 0.25) is 0 Å². The van der Waals surface area contributed by atoms with Crippen LogP contribution in [0.25, 0.3) is 44.8 Å². The second-order valence-electron chi connectivity index (χ2n) is 9.15. The molecule has 0 spiro atoms. The molecule has 0 fully saturated rings. The Morgan fingerprint density at radius 2 is 0.947 bits per heavy atom. The summed E-state index contributed by atoms with van der Waals surface area (Å²) in [4.78, 5) is 9.49. The standard InChI is InChI=1S/C28H24F6N4/c1-3-13-37-23-16-24-22(15-21(23)35-25(37)17-5-9-19(10-6-17)27(29,30)31)36-26(38(24)14-4-2)18-7-11-20(12-8-18)28(32,33)34/h5-12,15-16H,3-4,13-14H2,1-2H3. The lowest BCUT2D eigenvalue weighted by Crippen LogP contribution is -2.05. The van der Waals surface area contributed by atoms with Crippen molar-refractivity contribution in [2.75, 3.05) is 0 Å². The third kappa shape index (κ3) is 4.63. The van der Waals surface area contributed by atoms with E-state index in [1.807, 2.05) is 35.1 Å². The van der Waals surface area contributed by atoms with Gasteiger partial charge < -0.3 is 9.13 Å². The Morgan fingerprint density at radius 3 is 1.26 bits per heavy atom. The lowest BCUT2D eigenvalue weighted by molar-refractivity contribution is -0.138. The van der Waals surface area contributed by atoms with Crippen molar-refractivity contribution in [2.24, 2.45) is 0 Å². The summed E-state index contributed by atoms with van der Waals surface area (Å²) in [5.41, 5.74) is 2.60. The van der Waals surface area contributed by atoms with Gasteiger partial charge in [0.25, 0.3) is 0 Å². The quantitative estimate of drug-likeness (QED) is 0.206. The maximum Gasteiger partial charge on any atom is 0.416 e. The number of hydrogen-bond acceptors (Lipinski definition) is 2. The summed E-state index contributed by atoms with van der Waals surface area (Å²) in [5, 5.41) is 0. The van der Waals surface area contributed by atoms with E-state index in [2.05, 4.69) is 0 Å². The van der Waals surface area contributed by atoms with Crippen LogP contribution in [-0.2, 0) is 25.4 Å². The van der Waals surface area contributed by atoms with E-state index in [0.29, 0.717) is 46.9 Å². The summed E-state index contributed by atoms with van der Waals surface area (Å²) >= 11 is 0. The summed E-state index contributed by atoms with van der Waals surface area (Å²) < 4.78 is 82.3. The lowest BCUT2D eigenvalue weighted by atomic mass is 10.1. The van der Waals surface area contributed by atoms with Crippen molar-refractivity contribution in [2.45, 2.75) is 52.1 Å². The number of aromatic nitrogens is 4. The molecule has 0 aliphatic carbocycles. The van der Waals surface area contributed by atoms with Crippen LogP contribution in [0.3, 0.4) is 0 Å². The fourth-order valence-electron chi connectivity index (χ4n) is 4.70. The van der Waals surface area contributed by atoms with Crippen LogP contribution in [0, 0.1) is 0 Å². The first-order chi connectivity index (χ1) is 18.0. The van der Waals surface area contributed by atoms with Crippen molar-refractivity contribution in [3.8, 4) is 22.8 Å². The fourth-order valence-corrected chi connectivity index (χ4v) is 4.70. The van der Waals surface area contributed by atoms with E-state index >= 15 is 0 Å². The van der Waals surface area contributed by atoms with Gasteiger partial charge in [-0.05, 0) is 49.2 Å². The monoisotopic (exact) mass is 530 g/mol. The first-order valence-electron chi connectivity index (χ1n) is 12.3. The van der Waals surface area contributed by atoms with Gasteiger partial charge in [-0.2, -0.15) is 26.3 Å². The molecule has 0 saturated carbocycles. The van der Waals surface area contributed by atoms with Crippen molar-refractivity contribution in [1.29, 1.82) is 0 Å². The molecule has 3 aromatic carbocycles. The summed E-state index contributed by atoms with van der Waals surface area (Å²) in [6, 6.07) is 13.7. The van der Waals surface area contributed by atoms with Crippen LogP contribution in [0.2, 0.25) is 0 Å². The molecule has 0 aliphatic heterocycles. The highest BCUT2D eigenvalue weighted by molar-refractivity contribution is 5.95. The highest BCUT2D eigenvalue weighted by Gasteiger charge is 2.31. The molecule has 0 aliphatic rings. The zero-order valence-corrected chi connectivity index (χ0v) is 20.7. The first-order valence-corrected chi connectivity index (χ1v) is 12.3. The molecular weight excluding hydrogens is 506 g/mol. The lowest BCUT2D eigenvalue weighted by Gasteiger charge is -2.11. The second kappa shape index (κ2) is 9.49. The molecule has 198 valence electrons. The third-order valence-electron chi connectivity index (χ3n) is 6.45. The summed E-state index contributed by atoms with van der Waals surface area (Å²) in [5.74, 6) is 1.13. The van der Waals surface area contributed by atoms with Crippen LogP contribution in [0.15, 0.2) is 60.7 Å². The summed E-state index contributed by atoms with van der Waals surface area (Å²) in [6.45, 7) is 5.22. The maximum absolute atomic E-state index is 13.1. The number of rotatable bonds is 6. The summed E-state index contributed by atoms with van der Waals surface area (Å²) in [7, 11) is 0. The Bertz CT molecular complexity index is 1470. The number of alkyl halides is 6. The molecule has 4 nitrogen and oxygen atoms in total. The molecule has 5 rings (SSSR count). The van der Waals surface area contributed by atoms with Gasteiger partial charge in [0.05, 0.1) is 33.2 Å². The van der Waals surface area contributed by atoms with Crippen LogP contribution in [0.5, 0.6) is 0 Å². The SMILES string of the molecule is CCCn1c(-c2ccc(C(F)(F)F)cc2)nc2cc3nc(-c4ccc(C(F)(F)F)cc4)n(CCC)c3cc21. The van der Waals surface area contributed by atoms with Gasteiger partial charge in [0.1, 0.15) is 11.6 Å². The Morgan fingerprint density at radius 1 is 0.579 bits per heavy atom. The van der Waals surface area contributed by atoms with Crippen molar-refractivity contribution in [1.82, 2.24) is 19.1 Å². The number of fused-ring (bicyclic) bond motifs is 2. The topological polar surface area (TPSA) is 35.6 Å². The van der Waals surface area contributed by atoms with E-state index in [4.69, 9.17) is 9.97 Å².